The average molecular weight is 451 g/mol. The van der Waals surface area contributed by atoms with Gasteiger partial charge in [0.1, 0.15) is 0 Å². The lowest BCUT2D eigenvalue weighted by Crippen LogP contribution is -2.10. The van der Waals surface area contributed by atoms with Crippen molar-refractivity contribution >= 4 is 17.9 Å². The largest absolute Gasteiger partial charge is 0.466 e. The number of hydrogen-bond donors (Lipinski definition) is 0. The molecule has 0 N–H and O–H groups in total. The number of rotatable bonds is 16. The van der Waals surface area contributed by atoms with Crippen LogP contribution in [0.4, 0.5) is 0 Å². The number of carbonyl (C=O) groups is 3. The van der Waals surface area contributed by atoms with E-state index in [1.807, 2.05) is 0 Å². The lowest BCUT2D eigenvalue weighted by atomic mass is 10.0. The van der Waals surface area contributed by atoms with Crippen LogP contribution in [0.5, 0.6) is 0 Å². The molecule has 0 heterocycles. The van der Waals surface area contributed by atoms with E-state index in [9.17, 15) is 14.4 Å². The standard InChI is InChI=1S/C26H42O6/c1-7-8-9-10-11-12-13-14-15-16-17-32-26(29)22(4)23(18-20(2)24(27)30-5)19-21(3)25(28)31-6/h18-19H,7-17H2,1-6H3. The third-order valence-electron chi connectivity index (χ3n) is 5.23. The molecule has 0 aromatic rings. The van der Waals surface area contributed by atoms with Gasteiger partial charge in [0, 0.05) is 16.7 Å². The van der Waals surface area contributed by atoms with E-state index in [1.54, 1.807) is 20.8 Å². The molecule has 0 aromatic carbocycles. The van der Waals surface area contributed by atoms with Crippen LogP contribution >= 0.6 is 0 Å². The van der Waals surface area contributed by atoms with E-state index in [0.29, 0.717) is 28.9 Å². The minimum Gasteiger partial charge on any atom is -0.466 e. The second-order valence-electron chi connectivity index (χ2n) is 8.04. The topological polar surface area (TPSA) is 78.9 Å². The van der Waals surface area contributed by atoms with Crippen LogP contribution in [0.15, 0.2) is 34.4 Å². The molecule has 0 saturated carbocycles. The highest BCUT2D eigenvalue weighted by atomic mass is 16.5. The van der Waals surface area contributed by atoms with Crippen molar-refractivity contribution < 1.29 is 28.6 Å². The molecule has 0 bridgehead atoms. The Morgan fingerprint density at radius 2 is 1.03 bits per heavy atom. The fraction of sp³-hybridized carbons (Fsp3) is 0.654. The van der Waals surface area contributed by atoms with Gasteiger partial charge in [-0.25, -0.2) is 14.4 Å². The highest BCUT2D eigenvalue weighted by Crippen LogP contribution is 2.16. The third kappa shape index (κ3) is 13.1. The van der Waals surface area contributed by atoms with Gasteiger partial charge in [-0.05, 0) is 44.9 Å². The van der Waals surface area contributed by atoms with Crippen LogP contribution in [0.3, 0.4) is 0 Å². The van der Waals surface area contributed by atoms with Crippen molar-refractivity contribution in [2.45, 2.75) is 91.9 Å². The fourth-order valence-corrected chi connectivity index (χ4v) is 3.14. The van der Waals surface area contributed by atoms with Gasteiger partial charge in [0.2, 0.25) is 0 Å². The predicted molar refractivity (Wildman–Crippen MR) is 127 cm³/mol. The zero-order chi connectivity index (χ0) is 24.4. The van der Waals surface area contributed by atoms with Crippen LogP contribution in [0, 0.1) is 0 Å². The van der Waals surface area contributed by atoms with Gasteiger partial charge in [0.25, 0.3) is 0 Å². The second kappa shape index (κ2) is 18.2. The summed E-state index contributed by atoms with van der Waals surface area (Å²) >= 11 is 0. The maximum Gasteiger partial charge on any atom is 0.334 e. The van der Waals surface area contributed by atoms with Crippen LogP contribution in [-0.4, -0.2) is 38.7 Å². The molecule has 0 saturated heterocycles. The number of carbonyl (C=O) groups excluding carboxylic acids is 3. The van der Waals surface area contributed by atoms with Crippen molar-refractivity contribution in [1.82, 2.24) is 0 Å². The predicted octanol–water partition coefficient (Wildman–Crippen LogP) is 6.01. The van der Waals surface area contributed by atoms with E-state index in [0.717, 1.165) is 19.3 Å². The first-order valence-electron chi connectivity index (χ1n) is 11.7. The number of ether oxygens (including phenoxy) is 3. The zero-order valence-electron chi connectivity index (χ0n) is 20.9. The van der Waals surface area contributed by atoms with Crippen LogP contribution in [0.25, 0.3) is 0 Å². The molecule has 0 unspecified atom stereocenters. The first-order chi connectivity index (χ1) is 15.3. The Bertz CT molecular complexity index is 650. The number of hydrogen-bond acceptors (Lipinski definition) is 6. The average Bonchev–Trinajstić information content (AvgIpc) is 2.79. The molecule has 0 aliphatic heterocycles. The second-order valence-corrected chi connectivity index (χ2v) is 8.04. The lowest BCUT2D eigenvalue weighted by Gasteiger charge is -2.09. The van der Waals surface area contributed by atoms with Gasteiger partial charge in [-0.3, -0.25) is 0 Å². The van der Waals surface area contributed by atoms with Crippen LogP contribution in [-0.2, 0) is 28.6 Å². The molecule has 0 rings (SSSR count). The Labute approximate surface area is 194 Å². The summed E-state index contributed by atoms with van der Waals surface area (Å²) in [4.78, 5) is 36.0. The first-order valence-corrected chi connectivity index (χ1v) is 11.7. The van der Waals surface area contributed by atoms with E-state index >= 15 is 0 Å². The van der Waals surface area contributed by atoms with Gasteiger partial charge >= 0.3 is 17.9 Å². The fourth-order valence-electron chi connectivity index (χ4n) is 3.14. The van der Waals surface area contributed by atoms with Crippen LogP contribution in [0.2, 0.25) is 0 Å². The minimum atomic E-state index is -0.516. The zero-order valence-corrected chi connectivity index (χ0v) is 20.9. The smallest absolute Gasteiger partial charge is 0.334 e. The maximum atomic E-state index is 12.5. The minimum absolute atomic E-state index is 0.304. The van der Waals surface area contributed by atoms with Gasteiger partial charge in [-0.1, -0.05) is 64.7 Å². The van der Waals surface area contributed by atoms with Gasteiger partial charge in [-0.2, -0.15) is 0 Å². The first kappa shape index (κ1) is 29.6. The van der Waals surface area contributed by atoms with Gasteiger partial charge in [0.15, 0.2) is 0 Å². The van der Waals surface area contributed by atoms with E-state index in [-0.39, 0.29) is 0 Å². The van der Waals surface area contributed by atoms with E-state index < -0.39 is 17.9 Å². The number of unbranched alkanes of at least 4 members (excludes halogenated alkanes) is 9. The molecule has 0 spiro atoms. The molecule has 0 atom stereocenters. The normalized spacial score (nSPS) is 11.7. The van der Waals surface area contributed by atoms with Crippen molar-refractivity contribution in [2.24, 2.45) is 0 Å². The molecular formula is C26H42O6. The van der Waals surface area contributed by atoms with Crippen molar-refractivity contribution in [2.75, 3.05) is 20.8 Å². The molecule has 6 nitrogen and oxygen atoms in total. The molecule has 0 radical (unpaired) electrons. The van der Waals surface area contributed by atoms with E-state index in [1.165, 1.54) is 71.3 Å². The highest BCUT2D eigenvalue weighted by molar-refractivity contribution is 5.94. The maximum absolute atomic E-state index is 12.5. The number of esters is 3. The summed E-state index contributed by atoms with van der Waals surface area (Å²) in [5.41, 5.74) is 1.32. The van der Waals surface area contributed by atoms with Gasteiger partial charge in [-0.15, -0.1) is 0 Å². The Balaban J connectivity index is 4.78. The van der Waals surface area contributed by atoms with Gasteiger partial charge < -0.3 is 14.2 Å². The quantitative estimate of drug-likeness (QED) is 0.0942. The Morgan fingerprint density at radius 1 is 0.625 bits per heavy atom. The SMILES string of the molecule is CCCCCCCCCCCCOC(=O)C(C)=C(C=C(C)C(=O)OC)C=C(C)C(=O)OC. The summed E-state index contributed by atoms with van der Waals surface area (Å²) in [5, 5.41) is 0. The Hall–Kier alpha value is -2.37. The Morgan fingerprint density at radius 3 is 1.44 bits per heavy atom. The Kier molecular flexibility index (Phi) is 16.9. The molecule has 0 aromatic heterocycles. The third-order valence-corrected chi connectivity index (χ3v) is 5.23. The van der Waals surface area contributed by atoms with Crippen molar-refractivity contribution in [1.29, 1.82) is 0 Å². The summed E-state index contributed by atoms with van der Waals surface area (Å²) < 4.78 is 14.8. The van der Waals surface area contributed by atoms with E-state index in [2.05, 4.69) is 6.92 Å². The molecule has 0 aliphatic carbocycles. The van der Waals surface area contributed by atoms with Gasteiger partial charge in [0.05, 0.1) is 20.8 Å². The molecule has 182 valence electrons. The summed E-state index contributed by atoms with van der Waals surface area (Å²) in [6.07, 6.45) is 15.1. The molecule has 0 fully saturated rings. The summed E-state index contributed by atoms with van der Waals surface area (Å²) in [6.45, 7) is 7.34. The summed E-state index contributed by atoms with van der Waals surface area (Å²) in [6, 6.07) is 0. The molecule has 0 aliphatic rings. The number of allylic oxidation sites excluding steroid dienone is 3. The number of methoxy groups -OCH3 is 2. The molecular weight excluding hydrogens is 408 g/mol. The van der Waals surface area contributed by atoms with Crippen LogP contribution in [0.1, 0.15) is 91.9 Å². The van der Waals surface area contributed by atoms with Crippen LogP contribution < -0.4 is 0 Å². The summed E-state index contributed by atoms with van der Waals surface area (Å²) in [7, 11) is 2.57. The molecule has 0 amide bonds. The lowest BCUT2D eigenvalue weighted by molar-refractivity contribution is -0.139. The molecule has 6 heteroatoms. The monoisotopic (exact) mass is 450 g/mol. The molecule has 32 heavy (non-hydrogen) atoms. The highest BCUT2D eigenvalue weighted by Gasteiger charge is 2.14. The van der Waals surface area contributed by atoms with Crippen molar-refractivity contribution in [3.05, 3.63) is 34.4 Å². The summed E-state index contributed by atoms with van der Waals surface area (Å²) in [5.74, 6) is -1.50. The van der Waals surface area contributed by atoms with Crippen molar-refractivity contribution in [3.63, 3.8) is 0 Å². The van der Waals surface area contributed by atoms with Crippen molar-refractivity contribution in [3.8, 4) is 0 Å². The van der Waals surface area contributed by atoms with E-state index in [4.69, 9.17) is 14.2 Å².